The van der Waals surface area contributed by atoms with Gasteiger partial charge in [-0.2, -0.15) is 0 Å². The van der Waals surface area contributed by atoms with Gasteiger partial charge in [-0.05, 0) is 6.42 Å². The van der Waals surface area contributed by atoms with Gasteiger partial charge in [-0.25, -0.2) is 0 Å². The lowest BCUT2D eigenvalue weighted by Crippen LogP contribution is -2.21. The van der Waals surface area contributed by atoms with E-state index in [1.807, 2.05) is 0 Å². The Kier molecular flexibility index (Phi) is 15.8. The molecular formula is C16H34O3. The van der Waals surface area contributed by atoms with Crippen molar-refractivity contribution in [3.8, 4) is 0 Å². The van der Waals surface area contributed by atoms with E-state index in [9.17, 15) is 5.11 Å². The Morgan fingerprint density at radius 2 is 1.32 bits per heavy atom. The Morgan fingerprint density at radius 1 is 0.789 bits per heavy atom. The van der Waals surface area contributed by atoms with Crippen LogP contribution in [0.3, 0.4) is 0 Å². The zero-order valence-corrected chi connectivity index (χ0v) is 13.0. The average molecular weight is 274 g/mol. The van der Waals surface area contributed by atoms with Crippen LogP contribution in [0.2, 0.25) is 0 Å². The zero-order chi connectivity index (χ0) is 14.2. The largest absolute Gasteiger partial charge is 0.388 e. The summed E-state index contributed by atoms with van der Waals surface area (Å²) in [6.07, 6.45) is 12.9. The zero-order valence-electron chi connectivity index (χ0n) is 13.0. The Hall–Kier alpha value is -0.120. The molecule has 0 amide bonds. The molecule has 0 aromatic rings. The van der Waals surface area contributed by atoms with E-state index in [4.69, 9.17) is 9.47 Å². The van der Waals surface area contributed by atoms with Crippen LogP contribution in [0.5, 0.6) is 0 Å². The van der Waals surface area contributed by atoms with Crippen molar-refractivity contribution in [3.05, 3.63) is 0 Å². The third kappa shape index (κ3) is 15.8. The van der Waals surface area contributed by atoms with Gasteiger partial charge in [-0.3, -0.25) is 0 Å². The molecule has 0 radical (unpaired) electrons. The maximum atomic E-state index is 9.36. The number of ether oxygens (including phenoxy) is 2. The van der Waals surface area contributed by atoms with Crippen LogP contribution < -0.4 is 0 Å². The second-order valence-electron chi connectivity index (χ2n) is 5.37. The molecule has 1 atom stereocenters. The predicted molar refractivity (Wildman–Crippen MR) is 80.5 cm³/mol. The van der Waals surface area contributed by atoms with Crippen LogP contribution in [0.4, 0.5) is 0 Å². The van der Waals surface area contributed by atoms with Gasteiger partial charge in [0, 0.05) is 13.7 Å². The molecule has 0 saturated carbocycles. The molecular weight excluding hydrogens is 240 g/mol. The van der Waals surface area contributed by atoms with E-state index in [2.05, 4.69) is 6.92 Å². The van der Waals surface area contributed by atoms with Gasteiger partial charge in [0.2, 0.25) is 0 Å². The Balaban J connectivity index is 2.99. The van der Waals surface area contributed by atoms with Gasteiger partial charge in [0.05, 0.1) is 13.2 Å². The standard InChI is InChI=1S/C16H34O3/c1-3-4-5-6-7-8-9-10-11-12-13-19-15-16(17)14-18-2/h16-17H,3-15H2,1-2H3. The number of methoxy groups -OCH3 is 1. The first-order chi connectivity index (χ1) is 9.31. The molecule has 19 heavy (non-hydrogen) atoms. The number of hydrogen-bond donors (Lipinski definition) is 1. The van der Waals surface area contributed by atoms with E-state index >= 15 is 0 Å². The molecule has 0 aliphatic carbocycles. The van der Waals surface area contributed by atoms with Crippen molar-refractivity contribution in [2.75, 3.05) is 26.9 Å². The maximum Gasteiger partial charge on any atom is 0.101 e. The number of aliphatic hydroxyl groups excluding tert-OH is 1. The number of aliphatic hydroxyl groups is 1. The summed E-state index contributed by atoms with van der Waals surface area (Å²) in [5.41, 5.74) is 0. The van der Waals surface area contributed by atoms with Crippen molar-refractivity contribution in [2.45, 2.75) is 77.2 Å². The van der Waals surface area contributed by atoms with Crippen LogP contribution >= 0.6 is 0 Å². The lowest BCUT2D eigenvalue weighted by Gasteiger charge is -2.09. The normalized spacial score (nSPS) is 12.8. The molecule has 0 saturated heterocycles. The van der Waals surface area contributed by atoms with Crippen LogP contribution in [0.15, 0.2) is 0 Å². The van der Waals surface area contributed by atoms with E-state index in [0.717, 1.165) is 13.0 Å². The van der Waals surface area contributed by atoms with Crippen molar-refractivity contribution in [3.63, 3.8) is 0 Å². The molecule has 0 aliphatic heterocycles. The fourth-order valence-corrected chi connectivity index (χ4v) is 2.15. The highest BCUT2D eigenvalue weighted by Crippen LogP contribution is 2.10. The maximum absolute atomic E-state index is 9.36. The van der Waals surface area contributed by atoms with Gasteiger partial charge in [-0.1, -0.05) is 64.7 Å². The smallest absolute Gasteiger partial charge is 0.101 e. The van der Waals surface area contributed by atoms with E-state index < -0.39 is 6.10 Å². The Bertz CT molecular complexity index is 162. The summed E-state index contributed by atoms with van der Waals surface area (Å²) in [5.74, 6) is 0. The highest BCUT2D eigenvalue weighted by Gasteiger charge is 2.02. The second kappa shape index (κ2) is 15.9. The minimum Gasteiger partial charge on any atom is -0.388 e. The van der Waals surface area contributed by atoms with E-state index in [1.54, 1.807) is 7.11 Å². The van der Waals surface area contributed by atoms with Crippen molar-refractivity contribution < 1.29 is 14.6 Å². The number of rotatable bonds is 15. The first-order valence-electron chi connectivity index (χ1n) is 8.06. The summed E-state index contributed by atoms with van der Waals surface area (Å²) < 4.78 is 10.2. The molecule has 0 fully saturated rings. The third-order valence-electron chi connectivity index (χ3n) is 3.31. The fraction of sp³-hybridized carbons (Fsp3) is 1.00. The van der Waals surface area contributed by atoms with Crippen LogP contribution in [0.25, 0.3) is 0 Å². The minimum atomic E-state index is -0.479. The lowest BCUT2D eigenvalue weighted by molar-refractivity contribution is -0.00684. The highest BCUT2D eigenvalue weighted by atomic mass is 16.5. The molecule has 3 heteroatoms. The molecule has 3 nitrogen and oxygen atoms in total. The van der Waals surface area contributed by atoms with Gasteiger partial charge in [0.15, 0.2) is 0 Å². The Morgan fingerprint density at radius 3 is 1.84 bits per heavy atom. The van der Waals surface area contributed by atoms with Gasteiger partial charge in [0.1, 0.15) is 6.10 Å². The summed E-state index contributed by atoms with van der Waals surface area (Å²) in [4.78, 5) is 0. The second-order valence-corrected chi connectivity index (χ2v) is 5.37. The molecule has 0 bridgehead atoms. The summed E-state index contributed by atoms with van der Waals surface area (Å²) >= 11 is 0. The SMILES string of the molecule is CCCCCCCCCCCCOCC(O)COC. The summed E-state index contributed by atoms with van der Waals surface area (Å²) in [6, 6.07) is 0. The van der Waals surface area contributed by atoms with Gasteiger partial charge < -0.3 is 14.6 Å². The summed E-state index contributed by atoms with van der Waals surface area (Å²) in [6.45, 7) is 3.77. The number of hydrogen-bond acceptors (Lipinski definition) is 3. The van der Waals surface area contributed by atoms with Gasteiger partial charge in [0.25, 0.3) is 0 Å². The molecule has 1 N–H and O–H groups in total. The molecule has 1 unspecified atom stereocenters. The van der Waals surface area contributed by atoms with Crippen molar-refractivity contribution in [1.82, 2.24) is 0 Å². The van der Waals surface area contributed by atoms with Crippen LogP contribution in [0, 0.1) is 0 Å². The van der Waals surface area contributed by atoms with Gasteiger partial charge >= 0.3 is 0 Å². The summed E-state index contributed by atoms with van der Waals surface area (Å²) in [7, 11) is 1.59. The monoisotopic (exact) mass is 274 g/mol. The highest BCUT2D eigenvalue weighted by molar-refractivity contribution is 4.51. The van der Waals surface area contributed by atoms with Crippen molar-refractivity contribution in [1.29, 1.82) is 0 Å². The van der Waals surface area contributed by atoms with Crippen molar-refractivity contribution in [2.24, 2.45) is 0 Å². The molecule has 0 aromatic carbocycles. The molecule has 0 spiro atoms. The average Bonchev–Trinajstić information content (AvgIpc) is 2.40. The topological polar surface area (TPSA) is 38.7 Å². The van der Waals surface area contributed by atoms with E-state index in [1.165, 1.54) is 57.8 Å². The Labute approximate surface area is 119 Å². The first-order valence-corrected chi connectivity index (χ1v) is 8.06. The molecule has 0 aromatic heterocycles. The van der Waals surface area contributed by atoms with Gasteiger partial charge in [-0.15, -0.1) is 0 Å². The fourth-order valence-electron chi connectivity index (χ4n) is 2.15. The minimum absolute atomic E-state index is 0.359. The molecule has 116 valence electrons. The van der Waals surface area contributed by atoms with Crippen molar-refractivity contribution >= 4 is 0 Å². The molecule has 0 rings (SSSR count). The first kappa shape index (κ1) is 18.9. The third-order valence-corrected chi connectivity index (χ3v) is 3.31. The lowest BCUT2D eigenvalue weighted by atomic mass is 10.1. The van der Waals surface area contributed by atoms with Crippen LogP contribution in [-0.4, -0.2) is 38.1 Å². The van der Waals surface area contributed by atoms with E-state index in [-0.39, 0.29) is 0 Å². The number of unbranched alkanes of at least 4 members (excludes halogenated alkanes) is 9. The molecule has 0 heterocycles. The predicted octanol–water partition coefficient (Wildman–Crippen LogP) is 3.93. The quantitative estimate of drug-likeness (QED) is 0.460. The summed E-state index contributed by atoms with van der Waals surface area (Å²) in [5, 5.41) is 9.36. The van der Waals surface area contributed by atoms with Crippen LogP contribution in [0.1, 0.15) is 71.1 Å². The molecule has 0 aliphatic rings. The van der Waals surface area contributed by atoms with E-state index in [0.29, 0.717) is 13.2 Å². The van der Waals surface area contributed by atoms with Crippen LogP contribution in [-0.2, 0) is 9.47 Å².